The first-order chi connectivity index (χ1) is 26.6. The first-order valence-corrected chi connectivity index (χ1v) is 20.4. The fourth-order valence-electron chi connectivity index (χ4n) is 8.89. The van der Waals surface area contributed by atoms with E-state index in [2.05, 4.69) is 66.2 Å². The highest BCUT2D eigenvalue weighted by molar-refractivity contribution is 8.00. The standard InChI is InChI=1S/C45H52N2O6S/c1-3-25-51-45-42(54-26-20-31-18-21-46-22-19-31)30-40(47-50-2)38-28-34(12-6-8-23-48)37(13-7-9-24-49)43(44(38)45)39-29-36(16-17-41(39)53-45)52-35-15-14-32-10-4-5-11-33(32)27-35/h3-5,10-11,14-19,21-22,27-29,34,37,42-44,48-49H,1,6-9,12-13,20,23-26,30H2,2H3/t34-,37+,42-,43+,44+,45+/m0/s1. The molecule has 0 amide bonds. The molecule has 4 aromatic rings. The number of benzene rings is 3. The predicted octanol–water partition coefficient (Wildman–Crippen LogP) is 9.27. The number of hydrogen-bond donors (Lipinski definition) is 2. The molecule has 0 unspecified atom stereocenters. The molecule has 2 heterocycles. The third-order valence-electron chi connectivity index (χ3n) is 11.2. The fourth-order valence-corrected chi connectivity index (χ4v) is 10.3. The van der Waals surface area contributed by atoms with E-state index in [0.717, 1.165) is 95.6 Å². The number of aromatic nitrogens is 1. The van der Waals surface area contributed by atoms with E-state index in [4.69, 9.17) is 24.2 Å². The Morgan fingerprint density at radius 1 is 0.944 bits per heavy atom. The molecule has 0 radical (unpaired) electrons. The number of unbranched alkanes of at least 4 members (excludes halogenated alkanes) is 2. The zero-order chi connectivity index (χ0) is 37.3. The topological polar surface area (TPSA) is 103 Å². The zero-order valence-electron chi connectivity index (χ0n) is 31.1. The Balaban J connectivity index is 1.35. The van der Waals surface area contributed by atoms with Crippen molar-refractivity contribution in [3.05, 3.63) is 121 Å². The van der Waals surface area contributed by atoms with Gasteiger partial charge in [-0.2, -0.15) is 11.8 Å². The lowest BCUT2D eigenvalue weighted by Crippen LogP contribution is -2.64. The molecule has 2 N–H and O–H groups in total. The van der Waals surface area contributed by atoms with Crippen LogP contribution in [0.25, 0.3) is 10.8 Å². The third-order valence-corrected chi connectivity index (χ3v) is 12.6. The van der Waals surface area contributed by atoms with Crippen LogP contribution >= 0.6 is 11.8 Å². The summed E-state index contributed by atoms with van der Waals surface area (Å²) in [6.07, 6.45) is 14.6. The molecule has 9 heteroatoms. The fraction of sp³-hybridized carbons (Fsp3) is 0.422. The maximum absolute atomic E-state index is 9.89. The van der Waals surface area contributed by atoms with Crippen LogP contribution in [0.2, 0.25) is 0 Å². The minimum Gasteiger partial charge on any atom is -0.460 e. The largest absolute Gasteiger partial charge is 0.460 e. The molecule has 3 aromatic carbocycles. The number of thioether (sulfide) groups is 1. The molecule has 1 aromatic heterocycles. The van der Waals surface area contributed by atoms with E-state index in [1.54, 1.807) is 7.11 Å². The van der Waals surface area contributed by atoms with Gasteiger partial charge in [0, 0.05) is 43.5 Å². The van der Waals surface area contributed by atoms with E-state index in [0.29, 0.717) is 13.0 Å². The Labute approximate surface area is 323 Å². The molecule has 6 atom stereocenters. The normalized spacial score (nSPS) is 25.0. The van der Waals surface area contributed by atoms with E-state index in [1.807, 2.05) is 54.5 Å². The summed E-state index contributed by atoms with van der Waals surface area (Å²) in [5, 5.41) is 26.6. The van der Waals surface area contributed by atoms with Gasteiger partial charge in [0.05, 0.1) is 23.5 Å². The molecule has 1 aliphatic heterocycles. The second-order valence-corrected chi connectivity index (χ2v) is 15.8. The van der Waals surface area contributed by atoms with Crippen molar-refractivity contribution < 1.29 is 29.3 Å². The van der Waals surface area contributed by atoms with E-state index in [9.17, 15) is 10.2 Å². The quantitative estimate of drug-likeness (QED) is 0.0590. The Morgan fingerprint density at radius 3 is 2.48 bits per heavy atom. The van der Waals surface area contributed by atoms with Crippen molar-refractivity contribution in [2.45, 2.75) is 68.3 Å². The lowest BCUT2D eigenvalue weighted by atomic mass is 9.56. The summed E-state index contributed by atoms with van der Waals surface area (Å²) in [6, 6.07) is 24.9. The van der Waals surface area contributed by atoms with E-state index >= 15 is 0 Å². The number of pyridine rings is 1. The molecule has 54 heavy (non-hydrogen) atoms. The Kier molecular flexibility index (Phi) is 12.7. The molecule has 284 valence electrons. The van der Waals surface area contributed by atoms with Gasteiger partial charge in [-0.15, -0.1) is 6.58 Å². The van der Waals surface area contributed by atoms with Crippen LogP contribution in [0.3, 0.4) is 0 Å². The summed E-state index contributed by atoms with van der Waals surface area (Å²) in [6.45, 7) is 4.71. The van der Waals surface area contributed by atoms with Gasteiger partial charge >= 0.3 is 0 Å². The van der Waals surface area contributed by atoms with Crippen molar-refractivity contribution in [2.75, 3.05) is 32.7 Å². The Bertz CT molecular complexity index is 1930. The highest BCUT2D eigenvalue weighted by Crippen LogP contribution is 2.62. The molecule has 3 aliphatic rings. The van der Waals surface area contributed by atoms with Crippen LogP contribution in [0.1, 0.15) is 62.0 Å². The molecule has 1 fully saturated rings. The number of aliphatic hydroxyl groups is 2. The monoisotopic (exact) mass is 748 g/mol. The van der Waals surface area contributed by atoms with Gasteiger partial charge in [0.15, 0.2) is 0 Å². The number of hydrogen-bond acceptors (Lipinski definition) is 9. The van der Waals surface area contributed by atoms with Crippen LogP contribution in [0.15, 0.2) is 115 Å². The average Bonchev–Trinajstić information content (AvgIpc) is 3.20. The van der Waals surface area contributed by atoms with E-state index in [-0.39, 0.29) is 42.1 Å². The van der Waals surface area contributed by atoms with Crippen LogP contribution in [0.5, 0.6) is 17.2 Å². The maximum atomic E-state index is 9.89. The van der Waals surface area contributed by atoms with E-state index in [1.165, 1.54) is 5.56 Å². The number of ether oxygens (including phenoxy) is 3. The SMILES string of the molecule is C=CCO[C@@]12Oc3ccc(Oc4ccc5ccccc5c4)cc3[C@H]3[C@H](CCCCO)[C@@H](CCCCO)C=C(C(=NOC)C[C@@H]1SCCc1ccncc1)[C@H]32. The van der Waals surface area contributed by atoms with Gasteiger partial charge in [0.1, 0.15) is 24.4 Å². The minimum atomic E-state index is -1.00. The molecule has 7 rings (SSSR count). The maximum Gasteiger partial charge on any atom is 0.230 e. The first-order valence-electron chi connectivity index (χ1n) is 19.4. The molecule has 0 saturated heterocycles. The second kappa shape index (κ2) is 18.0. The number of oxime groups is 1. The Hall–Kier alpha value is -4.15. The highest BCUT2D eigenvalue weighted by atomic mass is 32.2. The van der Waals surface area contributed by atoms with Gasteiger partial charge < -0.3 is 29.3 Å². The minimum absolute atomic E-state index is 0.00203. The van der Waals surface area contributed by atoms with Crippen molar-refractivity contribution in [1.82, 2.24) is 4.98 Å². The summed E-state index contributed by atoms with van der Waals surface area (Å²) in [5.41, 5.74) is 4.39. The summed E-state index contributed by atoms with van der Waals surface area (Å²) >= 11 is 1.86. The number of nitrogens with zero attached hydrogens (tertiary/aromatic N) is 2. The van der Waals surface area contributed by atoms with Crippen LogP contribution in [0.4, 0.5) is 0 Å². The number of aryl methyl sites for hydroxylation is 1. The summed E-state index contributed by atoms with van der Waals surface area (Å²) in [5.74, 6) is 2.45. The molecule has 8 nitrogen and oxygen atoms in total. The van der Waals surface area contributed by atoms with Gasteiger partial charge in [-0.1, -0.05) is 60.5 Å². The van der Waals surface area contributed by atoms with E-state index < -0.39 is 5.79 Å². The van der Waals surface area contributed by atoms with Crippen LogP contribution in [-0.2, 0) is 16.0 Å². The molecular weight excluding hydrogens is 697 g/mol. The molecule has 0 bridgehead atoms. The summed E-state index contributed by atoms with van der Waals surface area (Å²) in [4.78, 5) is 9.77. The zero-order valence-corrected chi connectivity index (χ0v) is 32.0. The van der Waals surface area contributed by atoms with Crippen molar-refractivity contribution in [3.8, 4) is 17.2 Å². The van der Waals surface area contributed by atoms with Crippen LogP contribution in [-0.4, -0.2) is 64.6 Å². The lowest BCUT2D eigenvalue weighted by Gasteiger charge is -2.58. The summed E-state index contributed by atoms with van der Waals surface area (Å²) in [7, 11) is 1.62. The van der Waals surface area contributed by atoms with Gasteiger partial charge in [-0.3, -0.25) is 4.98 Å². The number of allylic oxidation sites excluding steroid dienone is 1. The van der Waals surface area contributed by atoms with Crippen molar-refractivity contribution in [2.24, 2.45) is 22.9 Å². The number of aliphatic hydroxyl groups excluding tert-OH is 2. The molecule has 2 aliphatic carbocycles. The van der Waals surface area contributed by atoms with Gasteiger partial charge in [0.2, 0.25) is 5.79 Å². The first kappa shape index (κ1) is 38.1. The average molecular weight is 749 g/mol. The highest BCUT2D eigenvalue weighted by Gasteiger charge is 2.63. The van der Waals surface area contributed by atoms with Gasteiger partial charge in [-0.05, 0) is 114 Å². The molecule has 0 spiro atoms. The second-order valence-electron chi connectivity index (χ2n) is 14.5. The van der Waals surface area contributed by atoms with Gasteiger partial charge in [-0.25, -0.2) is 0 Å². The lowest BCUT2D eigenvalue weighted by molar-refractivity contribution is -0.223. The molecule has 1 saturated carbocycles. The molecular formula is C45H52N2O6S. The number of rotatable bonds is 18. The van der Waals surface area contributed by atoms with Crippen LogP contribution in [0, 0.1) is 17.8 Å². The van der Waals surface area contributed by atoms with Crippen LogP contribution < -0.4 is 9.47 Å². The van der Waals surface area contributed by atoms with Gasteiger partial charge in [0.25, 0.3) is 0 Å². The number of fused-ring (bicyclic) bond motifs is 3. The third kappa shape index (κ3) is 8.10. The van der Waals surface area contributed by atoms with Crippen molar-refractivity contribution in [1.29, 1.82) is 0 Å². The van der Waals surface area contributed by atoms with Crippen molar-refractivity contribution >= 4 is 28.2 Å². The Morgan fingerprint density at radius 2 is 1.70 bits per heavy atom. The summed E-state index contributed by atoms with van der Waals surface area (Å²) < 4.78 is 20.9. The van der Waals surface area contributed by atoms with Crippen molar-refractivity contribution in [3.63, 3.8) is 0 Å². The smallest absolute Gasteiger partial charge is 0.230 e. The predicted molar refractivity (Wildman–Crippen MR) is 216 cm³/mol.